The predicted octanol–water partition coefficient (Wildman–Crippen LogP) is 3.02. The van der Waals surface area contributed by atoms with Crippen molar-refractivity contribution in [3.63, 3.8) is 0 Å². The lowest BCUT2D eigenvalue weighted by Gasteiger charge is -2.18. The average Bonchev–Trinajstić information content (AvgIpc) is 2.60. The van der Waals surface area contributed by atoms with Crippen molar-refractivity contribution >= 4 is 26.7 Å². The van der Waals surface area contributed by atoms with Gasteiger partial charge in [0.15, 0.2) is 0 Å². The van der Waals surface area contributed by atoms with Crippen molar-refractivity contribution < 1.29 is 8.95 Å². The highest BCUT2D eigenvalue weighted by Crippen LogP contribution is 2.33. The maximum atomic E-state index is 11.5. The van der Waals surface area contributed by atoms with Crippen molar-refractivity contribution in [2.75, 3.05) is 24.7 Å². The Morgan fingerprint density at radius 3 is 3.16 bits per heavy atom. The molecule has 1 aromatic rings. The molecule has 0 spiro atoms. The molecule has 0 aromatic heterocycles. The van der Waals surface area contributed by atoms with Gasteiger partial charge in [-0.2, -0.15) is 0 Å². The van der Waals surface area contributed by atoms with E-state index < -0.39 is 10.8 Å². The van der Waals surface area contributed by atoms with Crippen molar-refractivity contribution in [3.8, 4) is 5.75 Å². The monoisotopic (exact) mass is 345 g/mol. The topological polar surface area (TPSA) is 38.3 Å². The lowest BCUT2D eigenvalue weighted by atomic mass is 10.0. The van der Waals surface area contributed by atoms with Gasteiger partial charge in [-0.3, -0.25) is 4.21 Å². The van der Waals surface area contributed by atoms with Gasteiger partial charge in [0, 0.05) is 44.9 Å². The molecule has 2 rings (SSSR count). The normalized spacial score (nSPS) is 20.2. The van der Waals surface area contributed by atoms with Crippen LogP contribution in [0.1, 0.15) is 31.4 Å². The first-order valence-electron chi connectivity index (χ1n) is 6.71. The second-order valence-electron chi connectivity index (χ2n) is 4.61. The van der Waals surface area contributed by atoms with Gasteiger partial charge < -0.3 is 10.1 Å². The molecule has 2 atom stereocenters. The number of ether oxygens (including phenoxy) is 1. The number of benzene rings is 1. The van der Waals surface area contributed by atoms with E-state index in [1.54, 1.807) is 0 Å². The number of nitrogens with one attached hydrogen (secondary N) is 1. The minimum absolute atomic E-state index is 0.305. The zero-order valence-electron chi connectivity index (χ0n) is 11.2. The smallest absolute Gasteiger partial charge is 0.125 e. The second kappa shape index (κ2) is 7.41. The zero-order valence-corrected chi connectivity index (χ0v) is 13.6. The largest absolute Gasteiger partial charge is 0.493 e. The fraction of sp³-hybridized carbons (Fsp3) is 0.571. The fourth-order valence-electron chi connectivity index (χ4n) is 2.25. The molecular formula is C14H20BrNO2S. The standard InChI is InChI=1S/C14H20BrNO2S/c1-2-19(17)9-7-16-13-4-3-8-18-14-10-11(15)5-6-12(13)14/h5-6,10,13,16H,2-4,7-9H2,1H3. The van der Waals surface area contributed by atoms with Crippen LogP contribution in [0.2, 0.25) is 0 Å². The Hall–Kier alpha value is -0.390. The van der Waals surface area contributed by atoms with Gasteiger partial charge in [-0.15, -0.1) is 0 Å². The summed E-state index contributed by atoms with van der Waals surface area (Å²) in [5, 5.41) is 3.51. The van der Waals surface area contributed by atoms with Crippen LogP contribution in [0.15, 0.2) is 22.7 Å². The number of halogens is 1. The first kappa shape index (κ1) is 15.0. The van der Waals surface area contributed by atoms with Crippen molar-refractivity contribution in [3.05, 3.63) is 28.2 Å². The van der Waals surface area contributed by atoms with E-state index in [-0.39, 0.29) is 0 Å². The summed E-state index contributed by atoms with van der Waals surface area (Å²) in [4.78, 5) is 0. The Labute approximate surface area is 125 Å². The molecule has 0 aliphatic carbocycles. The maximum Gasteiger partial charge on any atom is 0.125 e. The van der Waals surface area contributed by atoms with Crippen LogP contribution < -0.4 is 10.1 Å². The van der Waals surface area contributed by atoms with Gasteiger partial charge in [-0.1, -0.05) is 28.9 Å². The van der Waals surface area contributed by atoms with E-state index in [1.165, 1.54) is 5.56 Å². The third-order valence-electron chi connectivity index (χ3n) is 3.29. The Kier molecular flexibility index (Phi) is 5.85. The van der Waals surface area contributed by atoms with Crippen LogP contribution in [0.4, 0.5) is 0 Å². The summed E-state index contributed by atoms with van der Waals surface area (Å²) in [5.41, 5.74) is 1.21. The van der Waals surface area contributed by atoms with Crippen LogP contribution >= 0.6 is 15.9 Å². The summed E-state index contributed by atoms with van der Waals surface area (Å²) < 4.78 is 18.3. The highest BCUT2D eigenvalue weighted by Gasteiger charge is 2.19. The van der Waals surface area contributed by atoms with Crippen LogP contribution in [-0.2, 0) is 10.8 Å². The molecule has 1 aromatic carbocycles. The lowest BCUT2D eigenvalue weighted by Crippen LogP contribution is -2.26. The summed E-state index contributed by atoms with van der Waals surface area (Å²) in [6.07, 6.45) is 2.11. The summed E-state index contributed by atoms with van der Waals surface area (Å²) >= 11 is 3.48. The molecule has 0 fully saturated rings. The van der Waals surface area contributed by atoms with Crippen LogP contribution in [0.25, 0.3) is 0 Å². The number of fused-ring (bicyclic) bond motifs is 1. The highest BCUT2D eigenvalue weighted by atomic mass is 79.9. The van der Waals surface area contributed by atoms with Crippen molar-refractivity contribution in [1.82, 2.24) is 5.32 Å². The zero-order chi connectivity index (χ0) is 13.7. The molecule has 0 saturated carbocycles. The third-order valence-corrected chi connectivity index (χ3v) is 5.08. The van der Waals surface area contributed by atoms with Crippen molar-refractivity contribution in [1.29, 1.82) is 0 Å². The van der Waals surface area contributed by atoms with Gasteiger partial charge in [0.2, 0.25) is 0 Å². The van der Waals surface area contributed by atoms with Gasteiger partial charge in [0.25, 0.3) is 0 Å². The summed E-state index contributed by atoms with van der Waals surface area (Å²) in [6.45, 7) is 3.52. The van der Waals surface area contributed by atoms with E-state index in [2.05, 4.69) is 27.3 Å². The maximum absolute atomic E-state index is 11.5. The average molecular weight is 346 g/mol. The predicted molar refractivity (Wildman–Crippen MR) is 83.2 cm³/mol. The van der Waals surface area contributed by atoms with Crippen LogP contribution in [0.3, 0.4) is 0 Å². The van der Waals surface area contributed by atoms with Gasteiger partial charge in [0.05, 0.1) is 6.61 Å². The molecule has 1 heterocycles. The number of hydrogen-bond donors (Lipinski definition) is 1. The summed E-state index contributed by atoms with van der Waals surface area (Å²) in [6, 6.07) is 6.49. The van der Waals surface area contributed by atoms with Crippen LogP contribution in [-0.4, -0.2) is 28.9 Å². The Morgan fingerprint density at radius 1 is 1.53 bits per heavy atom. The molecule has 3 nitrogen and oxygen atoms in total. The molecule has 1 aliphatic heterocycles. The van der Waals surface area contributed by atoms with Gasteiger partial charge in [-0.25, -0.2) is 0 Å². The van der Waals surface area contributed by atoms with E-state index in [4.69, 9.17) is 4.74 Å². The first-order valence-corrected chi connectivity index (χ1v) is 8.99. The number of rotatable bonds is 5. The van der Waals surface area contributed by atoms with Gasteiger partial charge in [-0.05, 0) is 25.0 Å². The van der Waals surface area contributed by atoms with E-state index in [9.17, 15) is 4.21 Å². The Morgan fingerprint density at radius 2 is 2.37 bits per heavy atom. The minimum Gasteiger partial charge on any atom is -0.493 e. The van der Waals surface area contributed by atoms with E-state index in [0.29, 0.717) is 6.04 Å². The molecule has 19 heavy (non-hydrogen) atoms. The van der Waals surface area contributed by atoms with Crippen molar-refractivity contribution in [2.45, 2.75) is 25.8 Å². The van der Waals surface area contributed by atoms with Crippen LogP contribution in [0.5, 0.6) is 5.75 Å². The molecule has 1 N–H and O–H groups in total. The second-order valence-corrected chi connectivity index (χ2v) is 7.39. The van der Waals surface area contributed by atoms with E-state index in [1.807, 2.05) is 19.1 Å². The van der Waals surface area contributed by atoms with Crippen LogP contribution in [0, 0.1) is 0 Å². The summed E-state index contributed by atoms with van der Waals surface area (Å²) in [7, 11) is -0.698. The molecule has 5 heteroatoms. The van der Waals surface area contributed by atoms with Crippen molar-refractivity contribution in [2.24, 2.45) is 0 Å². The SMILES string of the molecule is CCS(=O)CCNC1CCCOc2cc(Br)ccc21. The molecule has 0 bridgehead atoms. The third kappa shape index (κ3) is 4.29. The molecule has 0 saturated heterocycles. The van der Waals surface area contributed by atoms with Gasteiger partial charge in [0.1, 0.15) is 5.75 Å². The number of hydrogen-bond acceptors (Lipinski definition) is 3. The molecule has 0 amide bonds. The molecule has 106 valence electrons. The summed E-state index contributed by atoms with van der Waals surface area (Å²) in [5.74, 6) is 2.42. The molecule has 2 unspecified atom stereocenters. The Bertz CT molecular complexity index is 453. The first-order chi connectivity index (χ1) is 9.20. The highest BCUT2D eigenvalue weighted by molar-refractivity contribution is 9.10. The molecule has 0 radical (unpaired) electrons. The minimum atomic E-state index is -0.698. The van der Waals surface area contributed by atoms with Gasteiger partial charge >= 0.3 is 0 Å². The van der Waals surface area contributed by atoms with E-state index in [0.717, 1.165) is 47.7 Å². The van der Waals surface area contributed by atoms with E-state index >= 15 is 0 Å². The molecule has 1 aliphatic rings. The Balaban J connectivity index is 2.03. The fourth-order valence-corrected chi connectivity index (χ4v) is 3.22. The lowest BCUT2D eigenvalue weighted by molar-refractivity contribution is 0.315. The molecular weight excluding hydrogens is 326 g/mol. The quantitative estimate of drug-likeness (QED) is 0.891.